The third-order valence-corrected chi connectivity index (χ3v) is 3.63. The molecule has 1 aromatic carbocycles. The fourth-order valence-electron chi connectivity index (χ4n) is 1.50. The number of thioether (sulfide) groups is 1. The molecular formula is C14H13FN2O2S. The van der Waals surface area contributed by atoms with E-state index in [0.29, 0.717) is 11.3 Å². The number of ether oxygens (including phenoxy) is 1. The number of methoxy groups -OCH3 is 1. The van der Waals surface area contributed by atoms with Crippen molar-refractivity contribution >= 4 is 23.4 Å². The van der Waals surface area contributed by atoms with Crippen LogP contribution in [0, 0.1) is 5.82 Å². The number of anilines is 1. The number of halogens is 1. The summed E-state index contributed by atoms with van der Waals surface area (Å²) in [6.45, 7) is 0. The Morgan fingerprint density at radius 2 is 2.20 bits per heavy atom. The second-order valence-corrected chi connectivity index (χ2v) is 5.05. The number of hydrogen-bond acceptors (Lipinski definition) is 5. The molecule has 0 saturated heterocycles. The van der Waals surface area contributed by atoms with Gasteiger partial charge in [-0.2, -0.15) is 0 Å². The Labute approximate surface area is 120 Å². The lowest BCUT2D eigenvalue weighted by atomic mass is 10.2. The van der Waals surface area contributed by atoms with Crippen molar-refractivity contribution in [3.8, 4) is 0 Å². The number of carbonyl (C=O) groups is 1. The number of pyridine rings is 1. The molecule has 0 amide bonds. The van der Waals surface area contributed by atoms with Gasteiger partial charge in [-0.25, -0.2) is 9.18 Å². The number of benzene rings is 1. The summed E-state index contributed by atoms with van der Waals surface area (Å²) >= 11 is 1.44. The number of nitrogen functional groups attached to an aromatic ring is 1. The smallest absolute Gasteiger partial charge is 0.339 e. The van der Waals surface area contributed by atoms with E-state index in [9.17, 15) is 9.18 Å². The van der Waals surface area contributed by atoms with Gasteiger partial charge in [0.15, 0.2) is 0 Å². The third kappa shape index (κ3) is 3.48. The van der Waals surface area contributed by atoms with Gasteiger partial charge in [0.1, 0.15) is 5.82 Å². The zero-order chi connectivity index (χ0) is 14.5. The van der Waals surface area contributed by atoms with E-state index in [2.05, 4.69) is 9.72 Å². The Morgan fingerprint density at radius 3 is 2.80 bits per heavy atom. The quantitative estimate of drug-likeness (QED) is 0.533. The molecule has 2 N–H and O–H groups in total. The Kier molecular flexibility index (Phi) is 4.57. The minimum Gasteiger partial charge on any atom is -0.465 e. The van der Waals surface area contributed by atoms with Crippen LogP contribution in [0.4, 0.5) is 10.1 Å². The number of nitrogens with two attached hydrogens (primary N) is 1. The van der Waals surface area contributed by atoms with Crippen LogP contribution in [-0.2, 0) is 10.5 Å². The van der Waals surface area contributed by atoms with E-state index in [1.54, 1.807) is 18.2 Å². The highest BCUT2D eigenvalue weighted by molar-refractivity contribution is 7.98. The molecule has 0 atom stereocenters. The number of carbonyl (C=O) groups excluding carboxylic acids is 1. The first-order valence-electron chi connectivity index (χ1n) is 5.81. The average Bonchev–Trinajstić information content (AvgIpc) is 2.48. The lowest BCUT2D eigenvalue weighted by Gasteiger charge is -2.04. The van der Waals surface area contributed by atoms with Gasteiger partial charge >= 0.3 is 5.97 Å². The van der Waals surface area contributed by atoms with Crippen LogP contribution in [0.1, 0.15) is 16.1 Å². The normalized spacial score (nSPS) is 10.3. The number of rotatable bonds is 4. The molecule has 6 heteroatoms. The van der Waals surface area contributed by atoms with E-state index in [0.717, 1.165) is 10.6 Å². The molecule has 20 heavy (non-hydrogen) atoms. The highest BCUT2D eigenvalue weighted by atomic mass is 32.2. The van der Waals surface area contributed by atoms with Crippen LogP contribution in [0.5, 0.6) is 0 Å². The molecule has 0 unspecified atom stereocenters. The zero-order valence-corrected chi connectivity index (χ0v) is 11.6. The average molecular weight is 292 g/mol. The standard InChI is InChI=1S/C14H13FN2O2S/c1-19-14(18)9-2-3-10(17-7-9)8-20-11-4-5-13(16)12(15)6-11/h2-7H,8,16H2,1H3. The second-order valence-electron chi connectivity index (χ2n) is 4.00. The van der Waals surface area contributed by atoms with Crippen molar-refractivity contribution in [3.63, 3.8) is 0 Å². The molecule has 104 valence electrons. The molecule has 0 bridgehead atoms. The molecule has 0 aliphatic heterocycles. The molecule has 2 rings (SSSR count). The SMILES string of the molecule is COC(=O)c1ccc(CSc2ccc(N)c(F)c2)nc1. The molecule has 0 fully saturated rings. The van der Waals surface area contributed by atoms with Gasteiger partial charge in [0.25, 0.3) is 0 Å². The molecule has 2 aromatic rings. The third-order valence-electron chi connectivity index (χ3n) is 2.60. The van der Waals surface area contributed by atoms with Crippen molar-refractivity contribution in [2.45, 2.75) is 10.6 Å². The zero-order valence-electron chi connectivity index (χ0n) is 10.8. The van der Waals surface area contributed by atoms with Crippen molar-refractivity contribution < 1.29 is 13.9 Å². The largest absolute Gasteiger partial charge is 0.465 e. The number of aromatic nitrogens is 1. The maximum atomic E-state index is 13.3. The van der Waals surface area contributed by atoms with Crippen LogP contribution in [0.3, 0.4) is 0 Å². The van der Waals surface area contributed by atoms with E-state index >= 15 is 0 Å². The fourth-order valence-corrected chi connectivity index (χ4v) is 2.34. The first-order chi connectivity index (χ1) is 9.60. The first-order valence-corrected chi connectivity index (χ1v) is 6.80. The van der Waals surface area contributed by atoms with E-state index in [1.807, 2.05) is 0 Å². The lowest BCUT2D eigenvalue weighted by Crippen LogP contribution is -2.02. The van der Waals surface area contributed by atoms with Gasteiger partial charge in [0, 0.05) is 16.8 Å². The monoisotopic (exact) mass is 292 g/mol. The van der Waals surface area contributed by atoms with Crippen LogP contribution in [-0.4, -0.2) is 18.1 Å². The summed E-state index contributed by atoms with van der Waals surface area (Å²) in [4.78, 5) is 16.2. The van der Waals surface area contributed by atoms with Crippen LogP contribution in [0.15, 0.2) is 41.4 Å². The van der Waals surface area contributed by atoms with Crippen LogP contribution >= 0.6 is 11.8 Å². The van der Waals surface area contributed by atoms with Crippen molar-refractivity contribution in [2.75, 3.05) is 12.8 Å². The maximum absolute atomic E-state index is 13.3. The highest BCUT2D eigenvalue weighted by Gasteiger charge is 2.06. The number of nitrogens with zero attached hydrogens (tertiary/aromatic N) is 1. The molecule has 0 spiro atoms. The van der Waals surface area contributed by atoms with E-state index < -0.39 is 11.8 Å². The van der Waals surface area contributed by atoms with Crippen LogP contribution in [0.25, 0.3) is 0 Å². The van der Waals surface area contributed by atoms with E-state index in [1.165, 1.54) is 37.2 Å². The molecule has 0 radical (unpaired) electrons. The molecule has 4 nitrogen and oxygen atoms in total. The second kappa shape index (κ2) is 6.38. The summed E-state index contributed by atoms with van der Waals surface area (Å²) in [5, 5.41) is 0. The van der Waals surface area contributed by atoms with Gasteiger partial charge in [0.2, 0.25) is 0 Å². The van der Waals surface area contributed by atoms with Gasteiger partial charge in [-0.3, -0.25) is 4.98 Å². The Balaban J connectivity index is 2.00. The molecule has 0 saturated carbocycles. The summed E-state index contributed by atoms with van der Waals surface area (Å²) < 4.78 is 17.9. The molecule has 0 aliphatic rings. The summed E-state index contributed by atoms with van der Waals surface area (Å²) in [5.74, 6) is -0.272. The van der Waals surface area contributed by atoms with Crippen LogP contribution < -0.4 is 5.73 Å². The predicted octanol–water partition coefficient (Wildman–Crippen LogP) is 2.88. The van der Waals surface area contributed by atoms with Gasteiger partial charge < -0.3 is 10.5 Å². The van der Waals surface area contributed by atoms with Gasteiger partial charge in [-0.1, -0.05) is 0 Å². The summed E-state index contributed by atoms with van der Waals surface area (Å²) in [6.07, 6.45) is 1.46. The molecule has 0 aliphatic carbocycles. The molecule has 1 aromatic heterocycles. The van der Waals surface area contributed by atoms with Gasteiger partial charge in [-0.15, -0.1) is 11.8 Å². The summed E-state index contributed by atoms with van der Waals surface area (Å²) in [6, 6.07) is 8.07. The number of hydrogen-bond donors (Lipinski definition) is 1. The first kappa shape index (κ1) is 14.3. The minimum absolute atomic E-state index is 0.134. The Bertz CT molecular complexity index is 617. The molecular weight excluding hydrogens is 279 g/mol. The van der Waals surface area contributed by atoms with Crippen LogP contribution in [0.2, 0.25) is 0 Å². The molecule has 1 heterocycles. The summed E-state index contributed by atoms with van der Waals surface area (Å²) in [7, 11) is 1.32. The van der Waals surface area contributed by atoms with Gasteiger partial charge in [-0.05, 0) is 30.3 Å². The Morgan fingerprint density at radius 1 is 1.40 bits per heavy atom. The lowest BCUT2D eigenvalue weighted by molar-refractivity contribution is 0.0600. The van der Waals surface area contributed by atoms with Gasteiger partial charge in [0.05, 0.1) is 24.1 Å². The van der Waals surface area contributed by atoms with Crippen molar-refractivity contribution in [1.82, 2.24) is 4.98 Å². The fraction of sp³-hybridized carbons (Fsp3) is 0.143. The summed E-state index contributed by atoms with van der Waals surface area (Å²) in [5.41, 5.74) is 6.74. The van der Waals surface area contributed by atoms with Crippen molar-refractivity contribution in [1.29, 1.82) is 0 Å². The minimum atomic E-state index is -0.427. The Hall–Kier alpha value is -2.08. The van der Waals surface area contributed by atoms with Crippen molar-refractivity contribution in [2.24, 2.45) is 0 Å². The van der Waals surface area contributed by atoms with E-state index in [4.69, 9.17) is 5.73 Å². The van der Waals surface area contributed by atoms with E-state index in [-0.39, 0.29) is 5.69 Å². The van der Waals surface area contributed by atoms with Crippen molar-refractivity contribution in [3.05, 3.63) is 53.6 Å². The number of esters is 1. The highest BCUT2D eigenvalue weighted by Crippen LogP contribution is 2.24. The predicted molar refractivity (Wildman–Crippen MR) is 75.9 cm³/mol. The topological polar surface area (TPSA) is 65.2 Å². The maximum Gasteiger partial charge on any atom is 0.339 e.